The Labute approximate surface area is 126 Å². The predicted molar refractivity (Wildman–Crippen MR) is 83.3 cm³/mol. The highest BCUT2D eigenvalue weighted by molar-refractivity contribution is 7.91. The maximum absolute atomic E-state index is 12.0. The normalized spacial score (nSPS) is 11.7. The summed E-state index contributed by atoms with van der Waals surface area (Å²) in [6, 6.07) is 0. The fourth-order valence-corrected chi connectivity index (χ4v) is 4.62. The second-order valence-electron chi connectivity index (χ2n) is 4.19. The Hall–Kier alpha value is -1.19. The van der Waals surface area contributed by atoms with Crippen LogP contribution in [0.2, 0.25) is 0 Å². The average molecular weight is 332 g/mol. The molecular weight excluding hydrogens is 316 g/mol. The topological polar surface area (TPSA) is 98.0 Å². The molecule has 9 heteroatoms. The molecule has 0 bridgehead atoms. The van der Waals surface area contributed by atoms with Gasteiger partial charge in [0.25, 0.3) is 0 Å². The van der Waals surface area contributed by atoms with Crippen LogP contribution in [0.5, 0.6) is 0 Å². The van der Waals surface area contributed by atoms with E-state index in [4.69, 9.17) is 5.73 Å². The van der Waals surface area contributed by atoms with Crippen molar-refractivity contribution < 1.29 is 8.42 Å². The molecule has 0 aliphatic heterocycles. The highest BCUT2D eigenvalue weighted by atomic mass is 32.2. The van der Waals surface area contributed by atoms with Gasteiger partial charge in [-0.2, -0.15) is 4.37 Å². The molecule has 0 atom stereocenters. The number of aromatic nitrogens is 2. The molecule has 20 heavy (non-hydrogen) atoms. The van der Waals surface area contributed by atoms with E-state index >= 15 is 0 Å². The Kier molecular flexibility index (Phi) is 4.61. The Balaban J connectivity index is 2.07. The van der Waals surface area contributed by atoms with Crippen molar-refractivity contribution >= 4 is 43.5 Å². The van der Waals surface area contributed by atoms with Crippen LogP contribution in [-0.4, -0.2) is 30.1 Å². The highest BCUT2D eigenvalue weighted by Gasteiger charge is 2.23. The van der Waals surface area contributed by atoms with E-state index in [0.717, 1.165) is 28.7 Å². The van der Waals surface area contributed by atoms with E-state index in [2.05, 4.69) is 14.7 Å². The Morgan fingerprint density at radius 2 is 2.20 bits per heavy atom. The number of thiazole rings is 1. The van der Waals surface area contributed by atoms with Crippen molar-refractivity contribution in [3.8, 4) is 0 Å². The minimum absolute atomic E-state index is 0.00989. The number of sulfone groups is 1. The van der Waals surface area contributed by atoms with Gasteiger partial charge in [0.2, 0.25) is 0 Å². The fraction of sp³-hybridized carbons (Fsp3) is 0.455. The highest BCUT2D eigenvalue weighted by Crippen LogP contribution is 2.32. The van der Waals surface area contributed by atoms with E-state index in [1.54, 1.807) is 18.3 Å². The third-order valence-corrected chi connectivity index (χ3v) is 6.43. The van der Waals surface area contributed by atoms with Gasteiger partial charge in [-0.1, -0.05) is 6.92 Å². The molecule has 0 fully saturated rings. The molecule has 0 saturated heterocycles. The summed E-state index contributed by atoms with van der Waals surface area (Å²) in [6.45, 7) is 4.14. The molecule has 0 amide bonds. The minimum Gasteiger partial charge on any atom is -0.382 e. The first-order valence-electron chi connectivity index (χ1n) is 6.07. The number of nitrogens with zero attached hydrogens (tertiary/aromatic N) is 2. The first-order chi connectivity index (χ1) is 9.44. The van der Waals surface area contributed by atoms with Gasteiger partial charge in [0.1, 0.15) is 9.90 Å². The van der Waals surface area contributed by atoms with Gasteiger partial charge in [0.15, 0.2) is 15.7 Å². The number of nitrogens with two attached hydrogens (primary N) is 1. The van der Waals surface area contributed by atoms with Crippen LogP contribution >= 0.6 is 22.9 Å². The lowest BCUT2D eigenvalue weighted by Crippen LogP contribution is -2.10. The lowest BCUT2D eigenvalue weighted by molar-refractivity contribution is 0.598. The predicted octanol–water partition coefficient (Wildman–Crippen LogP) is 1.94. The van der Waals surface area contributed by atoms with Gasteiger partial charge in [-0.05, 0) is 18.5 Å². The fourth-order valence-electron chi connectivity index (χ4n) is 1.65. The molecule has 0 saturated carbocycles. The summed E-state index contributed by atoms with van der Waals surface area (Å²) in [5.74, 6) is 0.0834. The van der Waals surface area contributed by atoms with Crippen molar-refractivity contribution in [2.24, 2.45) is 0 Å². The van der Waals surface area contributed by atoms with E-state index < -0.39 is 9.84 Å². The Bertz CT molecular complexity index is 690. The number of hydrogen-bond acceptors (Lipinski definition) is 8. The summed E-state index contributed by atoms with van der Waals surface area (Å²) in [6.07, 6.45) is 0.738. The molecule has 0 spiro atoms. The summed E-state index contributed by atoms with van der Waals surface area (Å²) in [7, 11) is -3.36. The molecule has 2 heterocycles. The molecule has 6 nitrogen and oxygen atoms in total. The zero-order valence-electron chi connectivity index (χ0n) is 11.2. The monoisotopic (exact) mass is 332 g/mol. The van der Waals surface area contributed by atoms with Crippen LogP contribution in [0.1, 0.15) is 17.6 Å². The number of rotatable bonds is 6. The number of nitrogen functional groups attached to an aromatic ring is 1. The van der Waals surface area contributed by atoms with Crippen molar-refractivity contribution in [2.75, 3.05) is 23.3 Å². The lowest BCUT2D eigenvalue weighted by atomic mass is 10.4. The summed E-state index contributed by atoms with van der Waals surface area (Å²) in [5, 5.41) is 6.62. The van der Waals surface area contributed by atoms with E-state index in [-0.39, 0.29) is 16.5 Å². The SMILES string of the molecule is CCS(=O)(=O)c1c(N)nsc1NCCc1nc(C)cs1. The zero-order valence-corrected chi connectivity index (χ0v) is 13.7. The van der Waals surface area contributed by atoms with Crippen LogP contribution in [0, 0.1) is 6.92 Å². The van der Waals surface area contributed by atoms with Crippen LogP contribution in [0.15, 0.2) is 10.3 Å². The Morgan fingerprint density at radius 1 is 1.45 bits per heavy atom. The van der Waals surface area contributed by atoms with Crippen LogP contribution < -0.4 is 11.1 Å². The number of nitrogens with one attached hydrogen (secondary N) is 1. The average Bonchev–Trinajstić information content (AvgIpc) is 2.96. The Morgan fingerprint density at radius 3 is 2.80 bits per heavy atom. The van der Waals surface area contributed by atoms with Crippen molar-refractivity contribution in [1.29, 1.82) is 0 Å². The van der Waals surface area contributed by atoms with Crippen LogP contribution in [0.25, 0.3) is 0 Å². The molecule has 2 aromatic rings. The van der Waals surface area contributed by atoms with Crippen molar-refractivity contribution in [3.63, 3.8) is 0 Å². The number of hydrogen-bond donors (Lipinski definition) is 2. The van der Waals surface area contributed by atoms with Crippen LogP contribution in [0.4, 0.5) is 10.8 Å². The molecule has 0 aliphatic rings. The summed E-state index contributed by atoms with van der Waals surface area (Å²) < 4.78 is 27.9. The second kappa shape index (κ2) is 6.06. The summed E-state index contributed by atoms with van der Waals surface area (Å²) in [4.78, 5) is 4.48. The summed E-state index contributed by atoms with van der Waals surface area (Å²) >= 11 is 2.67. The maximum atomic E-state index is 12.0. The molecule has 0 aliphatic carbocycles. The number of anilines is 2. The smallest absolute Gasteiger partial charge is 0.184 e. The number of aryl methyl sites for hydroxylation is 1. The molecule has 2 aromatic heterocycles. The van der Waals surface area contributed by atoms with Gasteiger partial charge in [-0.3, -0.25) is 0 Å². The van der Waals surface area contributed by atoms with Crippen LogP contribution in [0.3, 0.4) is 0 Å². The zero-order chi connectivity index (χ0) is 14.8. The quantitative estimate of drug-likeness (QED) is 0.839. The van der Waals surface area contributed by atoms with E-state index in [1.165, 1.54) is 0 Å². The van der Waals surface area contributed by atoms with Crippen molar-refractivity contribution in [1.82, 2.24) is 9.36 Å². The van der Waals surface area contributed by atoms with E-state index in [9.17, 15) is 8.42 Å². The standard InChI is InChI=1S/C11H16N4O2S3/c1-3-20(16,17)9-10(12)15-19-11(9)13-5-4-8-14-7(2)6-18-8/h6,13H,3-5H2,1-2H3,(H2,12,15). The van der Waals surface area contributed by atoms with Crippen LogP contribution in [-0.2, 0) is 16.3 Å². The van der Waals surface area contributed by atoms with Gasteiger partial charge in [0, 0.05) is 24.0 Å². The molecule has 0 radical (unpaired) electrons. The largest absolute Gasteiger partial charge is 0.382 e. The molecule has 3 N–H and O–H groups in total. The van der Waals surface area contributed by atoms with Gasteiger partial charge >= 0.3 is 0 Å². The van der Waals surface area contributed by atoms with Crippen molar-refractivity contribution in [3.05, 3.63) is 16.1 Å². The van der Waals surface area contributed by atoms with E-state index in [0.29, 0.717) is 11.5 Å². The van der Waals surface area contributed by atoms with Gasteiger partial charge in [-0.25, -0.2) is 13.4 Å². The van der Waals surface area contributed by atoms with Gasteiger partial charge < -0.3 is 11.1 Å². The van der Waals surface area contributed by atoms with Gasteiger partial charge in [-0.15, -0.1) is 11.3 Å². The summed E-state index contributed by atoms with van der Waals surface area (Å²) in [5.41, 5.74) is 6.66. The third kappa shape index (κ3) is 3.28. The molecule has 0 aromatic carbocycles. The molecule has 0 unspecified atom stereocenters. The first kappa shape index (κ1) is 15.2. The maximum Gasteiger partial charge on any atom is 0.184 e. The lowest BCUT2D eigenvalue weighted by Gasteiger charge is -2.06. The minimum atomic E-state index is -3.36. The molecule has 2 rings (SSSR count). The molecular formula is C11H16N4O2S3. The second-order valence-corrected chi connectivity index (χ2v) is 8.12. The first-order valence-corrected chi connectivity index (χ1v) is 9.37. The van der Waals surface area contributed by atoms with Crippen molar-refractivity contribution in [2.45, 2.75) is 25.2 Å². The van der Waals surface area contributed by atoms with E-state index in [1.807, 2.05) is 12.3 Å². The molecule has 110 valence electrons. The third-order valence-electron chi connectivity index (χ3n) is 2.66. The van der Waals surface area contributed by atoms with Gasteiger partial charge in [0.05, 0.1) is 10.8 Å².